The van der Waals surface area contributed by atoms with Crippen molar-refractivity contribution in [2.75, 3.05) is 40.9 Å². The Morgan fingerprint density at radius 3 is 1.42 bits per heavy atom. The van der Waals surface area contributed by atoms with Crippen molar-refractivity contribution >= 4 is 19.7 Å². The van der Waals surface area contributed by atoms with Crippen LogP contribution in [-0.4, -0.2) is 69.4 Å². The summed E-state index contributed by atoms with van der Waals surface area (Å²) >= 11 is 0. The minimum Gasteiger partial charge on any atom is -0.756 e. The van der Waals surface area contributed by atoms with E-state index in [4.69, 9.17) is 13.8 Å². The molecule has 0 heterocycles. The monoisotopic (exact) mass is 963 g/mol. The Hall–Kier alpha value is -2.03. The van der Waals surface area contributed by atoms with Crippen LogP contribution in [0, 0.1) is 0 Å². The largest absolute Gasteiger partial charge is 0.756 e. The van der Waals surface area contributed by atoms with Crippen LogP contribution in [-0.2, 0) is 27.9 Å². The summed E-state index contributed by atoms with van der Waals surface area (Å²) in [6.45, 7) is 6.70. The standard InChI is InChI=1S/C57H107N2O7P/c1-7-10-13-16-19-22-25-28-29-32-34-37-40-43-46-49-56(60)58-54(53-65-67(62,63)64-52-51-59(4,5)6)55(48-45-42-39-36-33-30-26-23-20-17-14-11-8-2)66-57(61)50-47-44-41-38-35-31-27-24-21-18-15-12-9-3/h12,15,18,21,24,27,45,48,54-55H,7-11,13-14,16-17,19-20,22-23,25-26,28-44,46-47,49-53H2,1-6H3,(H-,58,60,62,63)/b15-12+,21-18+,27-24-,48-45+. The SMILES string of the molecule is CC/C=C/C=C/C=C\CCCCCCCC(=O)OC(/C=C/CCCCCCCCCCCCC)C(COP(=O)([O-])OCC[N+](C)(C)C)NC(=O)CCCCCCCCCCCCCCCCC. The second-order valence-electron chi connectivity index (χ2n) is 20.1. The van der Waals surface area contributed by atoms with Gasteiger partial charge in [-0.2, -0.15) is 0 Å². The third-order valence-electron chi connectivity index (χ3n) is 12.3. The number of rotatable bonds is 50. The van der Waals surface area contributed by atoms with E-state index in [2.05, 4.69) is 62.5 Å². The van der Waals surface area contributed by atoms with Gasteiger partial charge in [0.05, 0.1) is 33.8 Å². The fourth-order valence-electron chi connectivity index (χ4n) is 7.99. The number of quaternary nitrogens is 1. The first-order valence-corrected chi connectivity index (χ1v) is 29.4. The molecule has 392 valence electrons. The summed E-state index contributed by atoms with van der Waals surface area (Å²) in [5.74, 6) is -0.559. The lowest BCUT2D eigenvalue weighted by atomic mass is 10.0. The molecule has 0 radical (unpaired) electrons. The van der Waals surface area contributed by atoms with E-state index >= 15 is 0 Å². The highest BCUT2D eigenvalue weighted by atomic mass is 31.2. The maximum atomic E-state index is 13.5. The predicted octanol–water partition coefficient (Wildman–Crippen LogP) is 15.9. The van der Waals surface area contributed by atoms with Gasteiger partial charge in [0.1, 0.15) is 19.3 Å². The summed E-state index contributed by atoms with van der Waals surface area (Å²) in [6.07, 6.45) is 56.4. The Morgan fingerprint density at radius 2 is 0.955 bits per heavy atom. The molecule has 0 aromatic carbocycles. The minimum absolute atomic E-state index is 0.0250. The quantitative estimate of drug-likeness (QED) is 0.0161. The lowest BCUT2D eigenvalue weighted by Crippen LogP contribution is -2.47. The van der Waals surface area contributed by atoms with Crippen molar-refractivity contribution in [2.45, 2.75) is 264 Å². The highest BCUT2D eigenvalue weighted by molar-refractivity contribution is 7.45. The maximum absolute atomic E-state index is 13.5. The number of hydrogen-bond acceptors (Lipinski definition) is 7. The molecule has 0 rings (SSSR count). The van der Waals surface area contributed by atoms with Crippen LogP contribution in [0.1, 0.15) is 252 Å². The molecule has 0 aliphatic rings. The number of allylic oxidation sites excluding steroid dienone is 7. The van der Waals surface area contributed by atoms with E-state index in [-0.39, 0.29) is 24.9 Å². The highest BCUT2D eigenvalue weighted by Crippen LogP contribution is 2.38. The summed E-state index contributed by atoms with van der Waals surface area (Å²) < 4.78 is 30.2. The zero-order valence-electron chi connectivity index (χ0n) is 44.6. The number of nitrogens with zero attached hydrogens (tertiary/aromatic N) is 1. The Morgan fingerprint density at radius 1 is 0.537 bits per heavy atom. The molecule has 0 spiro atoms. The van der Waals surface area contributed by atoms with Gasteiger partial charge in [-0.25, -0.2) is 0 Å². The molecule has 1 N–H and O–H groups in total. The number of unbranched alkanes of at least 4 members (excludes halogenated alkanes) is 30. The number of nitrogens with one attached hydrogen (secondary N) is 1. The normalized spacial score (nSPS) is 14.2. The van der Waals surface area contributed by atoms with Gasteiger partial charge in [-0.15, -0.1) is 0 Å². The van der Waals surface area contributed by atoms with Crippen LogP contribution in [0.25, 0.3) is 0 Å². The van der Waals surface area contributed by atoms with Gasteiger partial charge in [-0.1, -0.05) is 237 Å². The molecule has 0 aliphatic carbocycles. The van der Waals surface area contributed by atoms with Crippen LogP contribution in [0.5, 0.6) is 0 Å². The molecule has 0 aromatic rings. The number of phosphoric ester groups is 1. The van der Waals surface area contributed by atoms with Crippen molar-refractivity contribution < 1.29 is 37.3 Å². The molecule has 0 saturated carbocycles. The fraction of sp³-hybridized carbons (Fsp3) is 0.825. The van der Waals surface area contributed by atoms with Gasteiger partial charge in [-0.05, 0) is 51.0 Å². The third kappa shape index (κ3) is 48.8. The Balaban J connectivity index is 5.40. The molecule has 3 unspecified atom stereocenters. The van der Waals surface area contributed by atoms with E-state index in [1.807, 2.05) is 33.3 Å². The molecule has 0 bridgehead atoms. The number of esters is 1. The van der Waals surface area contributed by atoms with Crippen LogP contribution in [0.4, 0.5) is 0 Å². The van der Waals surface area contributed by atoms with Gasteiger partial charge in [-0.3, -0.25) is 14.2 Å². The van der Waals surface area contributed by atoms with E-state index in [1.165, 1.54) is 135 Å². The van der Waals surface area contributed by atoms with E-state index in [0.717, 1.165) is 77.0 Å². The number of likely N-dealkylation sites (N-methyl/N-ethyl adjacent to an activating group) is 1. The first-order chi connectivity index (χ1) is 32.4. The van der Waals surface area contributed by atoms with E-state index in [0.29, 0.717) is 23.9 Å². The van der Waals surface area contributed by atoms with Gasteiger partial charge < -0.3 is 28.5 Å². The molecule has 3 atom stereocenters. The first kappa shape index (κ1) is 65.0. The van der Waals surface area contributed by atoms with E-state index in [9.17, 15) is 19.0 Å². The van der Waals surface area contributed by atoms with Gasteiger partial charge in [0, 0.05) is 12.8 Å². The van der Waals surface area contributed by atoms with Crippen LogP contribution in [0.3, 0.4) is 0 Å². The number of hydrogen-bond donors (Lipinski definition) is 1. The summed E-state index contributed by atoms with van der Waals surface area (Å²) in [5, 5.41) is 3.02. The molecule has 0 saturated heterocycles. The number of phosphoric acid groups is 1. The summed E-state index contributed by atoms with van der Waals surface area (Å²) in [5.41, 5.74) is 0. The summed E-state index contributed by atoms with van der Waals surface area (Å²) in [6, 6.07) is -0.892. The van der Waals surface area contributed by atoms with Crippen LogP contribution < -0.4 is 10.2 Å². The molecule has 0 aliphatic heterocycles. The van der Waals surface area contributed by atoms with Crippen molar-refractivity contribution in [1.82, 2.24) is 5.32 Å². The van der Waals surface area contributed by atoms with Crippen molar-refractivity contribution in [3.05, 3.63) is 48.6 Å². The van der Waals surface area contributed by atoms with Crippen molar-refractivity contribution in [1.29, 1.82) is 0 Å². The lowest BCUT2D eigenvalue weighted by Gasteiger charge is -2.30. The topological polar surface area (TPSA) is 114 Å². The molecule has 0 fully saturated rings. The van der Waals surface area contributed by atoms with Gasteiger partial charge in [0.2, 0.25) is 5.91 Å². The number of ether oxygens (including phenoxy) is 1. The summed E-state index contributed by atoms with van der Waals surface area (Å²) in [7, 11) is 1.18. The highest BCUT2D eigenvalue weighted by Gasteiger charge is 2.27. The minimum atomic E-state index is -4.69. The van der Waals surface area contributed by atoms with Crippen molar-refractivity contribution in [3.8, 4) is 0 Å². The Kier molecular flexibility index (Phi) is 46.2. The second-order valence-corrected chi connectivity index (χ2v) is 21.5. The molecule has 0 aromatic heterocycles. The van der Waals surface area contributed by atoms with Gasteiger partial charge in [0.15, 0.2) is 0 Å². The average molecular weight is 963 g/mol. The average Bonchev–Trinajstić information content (AvgIpc) is 3.28. The van der Waals surface area contributed by atoms with E-state index < -0.39 is 26.6 Å². The van der Waals surface area contributed by atoms with Gasteiger partial charge in [0.25, 0.3) is 7.82 Å². The molecule has 67 heavy (non-hydrogen) atoms. The molecular formula is C57H107N2O7P. The lowest BCUT2D eigenvalue weighted by molar-refractivity contribution is -0.870. The van der Waals surface area contributed by atoms with Gasteiger partial charge >= 0.3 is 5.97 Å². The third-order valence-corrected chi connectivity index (χ3v) is 13.3. The first-order valence-electron chi connectivity index (χ1n) is 28.0. The van der Waals surface area contributed by atoms with Crippen LogP contribution >= 0.6 is 7.82 Å². The Labute approximate surface area is 414 Å². The van der Waals surface area contributed by atoms with Crippen LogP contribution in [0.15, 0.2) is 48.6 Å². The number of carbonyl (C=O) groups is 2. The fourth-order valence-corrected chi connectivity index (χ4v) is 8.72. The summed E-state index contributed by atoms with van der Waals surface area (Å²) in [4.78, 5) is 39.8. The smallest absolute Gasteiger partial charge is 0.306 e. The Bertz CT molecular complexity index is 1290. The van der Waals surface area contributed by atoms with E-state index in [1.54, 1.807) is 0 Å². The zero-order valence-corrected chi connectivity index (χ0v) is 45.5. The van der Waals surface area contributed by atoms with Crippen LogP contribution in [0.2, 0.25) is 0 Å². The molecule has 10 heteroatoms. The number of amides is 1. The van der Waals surface area contributed by atoms with Crippen molar-refractivity contribution in [2.24, 2.45) is 0 Å². The second kappa shape index (κ2) is 47.6. The predicted molar refractivity (Wildman–Crippen MR) is 284 cm³/mol. The van der Waals surface area contributed by atoms with Crippen molar-refractivity contribution in [3.63, 3.8) is 0 Å². The molecule has 9 nitrogen and oxygen atoms in total. The number of carbonyl (C=O) groups excluding carboxylic acids is 2. The maximum Gasteiger partial charge on any atom is 0.306 e. The molecular weight excluding hydrogens is 856 g/mol. The molecule has 1 amide bonds. The zero-order chi connectivity index (χ0) is 49.4.